The van der Waals surface area contributed by atoms with Crippen LogP contribution in [0.3, 0.4) is 0 Å². The lowest BCUT2D eigenvalue weighted by atomic mass is 10.2. The van der Waals surface area contributed by atoms with E-state index in [0.717, 1.165) is 17.8 Å². The summed E-state index contributed by atoms with van der Waals surface area (Å²) in [6.07, 6.45) is -3.06. The number of aromatic nitrogens is 2. The maximum atomic E-state index is 13.0. The van der Waals surface area contributed by atoms with E-state index >= 15 is 0 Å². The SMILES string of the molecule is CC(C)CNC(=O)CCSc1nc(-c2ccco2)cc(C(F)(F)F)n1. The fourth-order valence-corrected chi connectivity index (χ4v) is 2.62. The summed E-state index contributed by atoms with van der Waals surface area (Å²) in [5, 5.41) is 2.71. The van der Waals surface area contributed by atoms with Gasteiger partial charge >= 0.3 is 6.18 Å². The average molecular weight is 373 g/mol. The summed E-state index contributed by atoms with van der Waals surface area (Å²) in [6.45, 7) is 4.51. The molecule has 25 heavy (non-hydrogen) atoms. The van der Waals surface area contributed by atoms with Gasteiger partial charge in [0, 0.05) is 18.7 Å². The van der Waals surface area contributed by atoms with Crippen LogP contribution >= 0.6 is 11.8 Å². The molecule has 0 radical (unpaired) electrons. The number of nitrogens with one attached hydrogen (secondary N) is 1. The normalized spacial score (nSPS) is 11.8. The smallest absolute Gasteiger partial charge is 0.433 e. The molecule has 0 saturated carbocycles. The maximum Gasteiger partial charge on any atom is 0.433 e. The molecule has 2 aromatic rings. The van der Waals surface area contributed by atoms with Gasteiger partial charge in [-0.25, -0.2) is 9.97 Å². The minimum atomic E-state index is -4.59. The Morgan fingerprint density at radius 3 is 2.72 bits per heavy atom. The van der Waals surface area contributed by atoms with E-state index in [9.17, 15) is 18.0 Å². The first kappa shape index (κ1) is 19.3. The lowest BCUT2D eigenvalue weighted by molar-refractivity contribution is -0.141. The van der Waals surface area contributed by atoms with Crippen molar-refractivity contribution in [2.75, 3.05) is 12.3 Å². The van der Waals surface area contributed by atoms with Gasteiger partial charge in [-0.3, -0.25) is 4.79 Å². The Bertz CT molecular complexity index is 703. The largest absolute Gasteiger partial charge is 0.463 e. The van der Waals surface area contributed by atoms with Crippen molar-refractivity contribution in [2.45, 2.75) is 31.6 Å². The van der Waals surface area contributed by atoms with Crippen LogP contribution in [-0.2, 0) is 11.0 Å². The number of alkyl halides is 3. The van der Waals surface area contributed by atoms with Gasteiger partial charge in [0.2, 0.25) is 5.91 Å². The van der Waals surface area contributed by atoms with Crippen LogP contribution in [0.15, 0.2) is 34.0 Å². The highest BCUT2D eigenvalue weighted by Gasteiger charge is 2.34. The minimum absolute atomic E-state index is 0.0436. The molecule has 0 spiro atoms. The Hall–Kier alpha value is -2.03. The maximum absolute atomic E-state index is 13.0. The van der Waals surface area contributed by atoms with Gasteiger partial charge in [0.25, 0.3) is 0 Å². The predicted molar refractivity (Wildman–Crippen MR) is 87.9 cm³/mol. The van der Waals surface area contributed by atoms with Crippen LogP contribution in [0.2, 0.25) is 0 Å². The molecule has 0 atom stereocenters. The molecular formula is C16H18F3N3O2S. The van der Waals surface area contributed by atoms with Crippen molar-refractivity contribution >= 4 is 17.7 Å². The summed E-state index contributed by atoms with van der Waals surface area (Å²) in [5.74, 6) is 0.686. The fraction of sp³-hybridized carbons (Fsp3) is 0.438. The first-order valence-corrected chi connectivity index (χ1v) is 8.64. The first-order chi connectivity index (χ1) is 11.8. The minimum Gasteiger partial charge on any atom is -0.463 e. The van der Waals surface area contributed by atoms with Crippen LogP contribution in [0, 0.1) is 5.92 Å². The van der Waals surface area contributed by atoms with E-state index in [2.05, 4.69) is 15.3 Å². The molecule has 9 heteroatoms. The standard InChI is InChI=1S/C16H18F3N3O2S/c1-10(2)9-20-14(23)5-7-25-15-21-11(12-4-3-6-24-12)8-13(22-15)16(17,18)19/h3-4,6,8,10H,5,7,9H2,1-2H3,(H,20,23). The van der Waals surface area contributed by atoms with E-state index in [-0.39, 0.29) is 34.7 Å². The number of furan rings is 1. The summed E-state index contributed by atoms with van der Waals surface area (Å²) in [7, 11) is 0. The van der Waals surface area contributed by atoms with Gasteiger partial charge in [-0.05, 0) is 24.1 Å². The number of nitrogens with zero attached hydrogens (tertiary/aromatic N) is 2. The summed E-state index contributed by atoms with van der Waals surface area (Å²) >= 11 is 1.000. The van der Waals surface area contributed by atoms with Crippen molar-refractivity contribution in [3.8, 4) is 11.5 Å². The average Bonchev–Trinajstić information content (AvgIpc) is 3.06. The molecule has 5 nitrogen and oxygen atoms in total. The number of amides is 1. The number of carbonyl (C=O) groups excluding carboxylic acids is 1. The molecule has 0 fully saturated rings. The molecule has 0 unspecified atom stereocenters. The molecule has 0 saturated heterocycles. The predicted octanol–water partition coefficient (Wildman–Crippen LogP) is 4.01. The molecule has 1 N–H and O–H groups in total. The van der Waals surface area contributed by atoms with Crippen LogP contribution in [-0.4, -0.2) is 28.2 Å². The van der Waals surface area contributed by atoms with E-state index < -0.39 is 11.9 Å². The topological polar surface area (TPSA) is 68.0 Å². The fourth-order valence-electron chi connectivity index (χ4n) is 1.83. The molecule has 2 aromatic heterocycles. The van der Waals surface area contributed by atoms with Crippen LogP contribution in [0.25, 0.3) is 11.5 Å². The van der Waals surface area contributed by atoms with E-state index in [1.165, 1.54) is 12.3 Å². The molecule has 0 aliphatic rings. The molecule has 0 aliphatic carbocycles. The third-order valence-electron chi connectivity index (χ3n) is 3.04. The zero-order valence-electron chi connectivity index (χ0n) is 13.8. The zero-order chi connectivity index (χ0) is 18.4. The monoisotopic (exact) mass is 373 g/mol. The summed E-state index contributed by atoms with van der Waals surface area (Å²) in [5.41, 5.74) is -0.986. The van der Waals surface area contributed by atoms with E-state index in [4.69, 9.17) is 4.42 Å². The van der Waals surface area contributed by atoms with Gasteiger partial charge in [0.1, 0.15) is 11.4 Å². The van der Waals surface area contributed by atoms with Gasteiger partial charge in [0.05, 0.1) is 6.26 Å². The van der Waals surface area contributed by atoms with E-state index in [0.29, 0.717) is 12.5 Å². The molecule has 2 heterocycles. The third-order valence-corrected chi connectivity index (χ3v) is 3.89. The van der Waals surface area contributed by atoms with Crippen molar-refractivity contribution in [1.82, 2.24) is 15.3 Å². The number of carbonyl (C=O) groups is 1. The lowest BCUT2D eigenvalue weighted by Gasteiger charge is -2.10. The van der Waals surface area contributed by atoms with Gasteiger partial charge in [0.15, 0.2) is 10.9 Å². The molecule has 0 aromatic carbocycles. The molecular weight excluding hydrogens is 355 g/mol. The number of rotatable bonds is 7. The Morgan fingerprint density at radius 2 is 2.12 bits per heavy atom. The third kappa shape index (κ3) is 6.08. The summed E-state index contributed by atoms with van der Waals surface area (Å²) < 4.78 is 44.2. The number of thioether (sulfide) groups is 1. The van der Waals surface area contributed by atoms with Crippen molar-refractivity contribution < 1.29 is 22.4 Å². The van der Waals surface area contributed by atoms with Crippen molar-refractivity contribution in [3.05, 3.63) is 30.2 Å². The molecule has 0 bridgehead atoms. The molecule has 0 aliphatic heterocycles. The molecule has 136 valence electrons. The Kier molecular flexibility index (Phi) is 6.46. The van der Waals surface area contributed by atoms with Crippen molar-refractivity contribution in [2.24, 2.45) is 5.92 Å². The zero-order valence-corrected chi connectivity index (χ0v) is 14.6. The number of hydrogen-bond donors (Lipinski definition) is 1. The first-order valence-electron chi connectivity index (χ1n) is 7.65. The highest BCUT2D eigenvalue weighted by atomic mass is 32.2. The van der Waals surface area contributed by atoms with Crippen molar-refractivity contribution in [1.29, 1.82) is 0 Å². The van der Waals surface area contributed by atoms with Gasteiger partial charge in [-0.15, -0.1) is 0 Å². The number of hydrogen-bond acceptors (Lipinski definition) is 5. The Labute approximate surface area is 147 Å². The van der Waals surface area contributed by atoms with Crippen LogP contribution < -0.4 is 5.32 Å². The van der Waals surface area contributed by atoms with Crippen LogP contribution in [0.1, 0.15) is 26.0 Å². The second-order valence-electron chi connectivity index (χ2n) is 5.69. The molecule has 1 amide bonds. The number of halogens is 3. The lowest BCUT2D eigenvalue weighted by Crippen LogP contribution is -2.27. The van der Waals surface area contributed by atoms with Gasteiger partial charge < -0.3 is 9.73 Å². The highest BCUT2D eigenvalue weighted by Crippen LogP contribution is 2.32. The summed E-state index contributed by atoms with van der Waals surface area (Å²) in [6, 6.07) is 3.94. The van der Waals surface area contributed by atoms with Gasteiger partial charge in [-0.1, -0.05) is 25.6 Å². The van der Waals surface area contributed by atoms with Gasteiger partial charge in [-0.2, -0.15) is 13.2 Å². The highest BCUT2D eigenvalue weighted by molar-refractivity contribution is 7.99. The van der Waals surface area contributed by atoms with E-state index in [1.54, 1.807) is 6.07 Å². The quantitative estimate of drug-likeness (QED) is 0.587. The second kappa shape index (κ2) is 8.37. The summed E-state index contributed by atoms with van der Waals surface area (Å²) in [4.78, 5) is 19.3. The molecule has 2 rings (SSSR count). The van der Waals surface area contributed by atoms with Crippen molar-refractivity contribution in [3.63, 3.8) is 0 Å². The van der Waals surface area contributed by atoms with Crippen LogP contribution in [0.4, 0.5) is 13.2 Å². The Balaban J connectivity index is 2.07. The Morgan fingerprint density at radius 1 is 1.36 bits per heavy atom. The van der Waals surface area contributed by atoms with E-state index in [1.807, 2.05) is 13.8 Å². The second-order valence-corrected chi connectivity index (χ2v) is 6.75. The van der Waals surface area contributed by atoms with Crippen LogP contribution in [0.5, 0.6) is 0 Å².